The molecule has 0 unspecified atom stereocenters. The van der Waals surface area contributed by atoms with Gasteiger partial charge in [0.2, 0.25) is 11.8 Å². The van der Waals surface area contributed by atoms with Crippen molar-refractivity contribution in [1.82, 2.24) is 5.32 Å². The van der Waals surface area contributed by atoms with Gasteiger partial charge in [0.15, 0.2) is 20.0 Å². The molecule has 8 heteroatoms. The lowest BCUT2D eigenvalue weighted by Crippen LogP contribution is -2.47. The smallest absolute Gasteiger partial charge is 0.240 e. The Bertz CT molecular complexity index is 660. The van der Waals surface area contributed by atoms with Gasteiger partial charge in [-0.05, 0) is 42.2 Å². The van der Waals surface area contributed by atoms with E-state index in [1.807, 2.05) is 0 Å². The van der Waals surface area contributed by atoms with Gasteiger partial charge in [-0.15, -0.1) is 0 Å². The van der Waals surface area contributed by atoms with Gasteiger partial charge in [-0.25, -0.2) is 8.78 Å². The molecule has 2 amide bonds. The van der Waals surface area contributed by atoms with Gasteiger partial charge in [0, 0.05) is 6.61 Å². The number of hydrogen-bond donors (Lipinski definition) is 2. The Morgan fingerprint density at radius 3 is 2.35 bits per heavy atom. The molecule has 0 spiro atoms. The maximum atomic E-state index is 13.2. The second-order valence-corrected chi connectivity index (χ2v) is 12.7. The first kappa shape index (κ1) is 22.2. The van der Waals surface area contributed by atoms with Crippen LogP contribution in [-0.4, -0.2) is 32.8 Å². The van der Waals surface area contributed by atoms with Crippen molar-refractivity contribution in [2.24, 2.45) is 5.73 Å². The van der Waals surface area contributed by atoms with E-state index < -0.39 is 37.8 Å². The molecule has 1 atom stereocenters. The molecular formula is C18H28F2N2O3Si. The largest absolute Gasteiger partial charge is 0.417 e. The van der Waals surface area contributed by atoms with Crippen LogP contribution in [-0.2, 0) is 20.4 Å². The fourth-order valence-electron chi connectivity index (χ4n) is 2.01. The van der Waals surface area contributed by atoms with Crippen LogP contribution >= 0.6 is 0 Å². The minimum atomic E-state index is -1.96. The van der Waals surface area contributed by atoms with Crippen molar-refractivity contribution < 1.29 is 22.8 Å². The molecule has 1 aromatic rings. The molecule has 0 aliphatic heterocycles. The van der Waals surface area contributed by atoms with Crippen LogP contribution in [0.1, 0.15) is 32.8 Å². The summed E-state index contributed by atoms with van der Waals surface area (Å²) in [7, 11) is -1.96. The zero-order valence-corrected chi connectivity index (χ0v) is 17.0. The maximum absolute atomic E-state index is 13.2. The van der Waals surface area contributed by atoms with Gasteiger partial charge in [0.1, 0.15) is 6.04 Å². The zero-order valence-electron chi connectivity index (χ0n) is 16.0. The number of primary amides is 1. The standard InChI is InChI=1S/C18H28F2N2O3Si/c1-18(2,3)26(4,5)25-9-8-15(17(21)24)22-16(23)11-12-6-7-13(19)14(20)10-12/h6-7,10,15H,8-9,11H2,1-5H3,(H2,21,24)(H,22,23)/t15-/m1/s1. The van der Waals surface area contributed by atoms with Gasteiger partial charge >= 0.3 is 0 Å². The summed E-state index contributed by atoms with van der Waals surface area (Å²) in [6, 6.07) is 2.35. The molecule has 26 heavy (non-hydrogen) atoms. The first-order valence-corrected chi connectivity index (χ1v) is 11.4. The molecular weight excluding hydrogens is 358 g/mol. The van der Waals surface area contributed by atoms with E-state index in [9.17, 15) is 18.4 Å². The van der Waals surface area contributed by atoms with Gasteiger partial charge in [0.25, 0.3) is 0 Å². The van der Waals surface area contributed by atoms with Gasteiger partial charge in [-0.2, -0.15) is 0 Å². The number of carbonyl (C=O) groups excluding carboxylic acids is 2. The summed E-state index contributed by atoms with van der Waals surface area (Å²) in [6.07, 6.45) is 0.0788. The molecule has 1 rings (SSSR count). The van der Waals surface area contributed by atoms with E-state index in [-0.39, 0.29) is 17.9 Å². The second kappa shape index (κ2) is 8.72. The number of hydrogen-bond acceptors (Lipinski definition) is 3. The molecule has 0 bridgehead atoms. The Morgan fingerprint density at radius 2 is 1.85 bits per heavy atom. The summed E-state index contributed by atoms with van der Waals surface area (Å²) < 4.78 is 32.1. The highest BCUT2D eigenvalue weighted by atomic mass is 28.4. The summed E-state index contributed by atoms with van der Waals surface area (Å²) >= 11 is 0. The van der Waals surface area contributed by atoms with Crippen molar-refractivity contribution in [2.75, 3.05) is 6.61 Å². The Kier molecular flexibility index (Phi) is 7.46. The minimum absolute atomic E-state index is 0.0329. The van der Waals surface area contributed by atoms with E-state index in [4.69, 9.17) is 10.2 Å². The summed E-state index contributed by atoms with van der Waals surface area (Å²) in [5, 5.41) is 2.56. The lowest BCUT2D eigenvalue weighted by Gasteiger charge is -2.36. The minimum Gasteiger partial charge on any atom is -0.417 e. The first-order chi connectivity index (χ1) is 11.8. The van der Waals surface area contributed by atoms with Crippen LogP contribution in [0.25, 0.3) is 0 Å². The van der Waals surface area contributed by atoms with Crippen LogP contribution in [0.5, 0.6) is 0 Å². The van der Waals surface area contributed by atoms with E-state index >= 15 is 0 Å². The lowest BCUT2D eigenvalue weighted by atomic mass is 10.1. The summed E-state index contributed by atoms with van der Waals surface area (Å²) in [6.45, 7) is 10.8. The number of nitrogens with one attached hydrogen (secondary N) is 1. The van der Waals surface area contributed by atoms with Crippen LogP contribution in [0, 0.1) is 11.6 Å². The number of benzene rings is 1. The predicted molar refractivity (Wildman–Crippen MR) is 99.0 cm³/mol. The van der Waals surface area contributed by atoms with Gasteiger partial charge in [0.05, 0.1) is 6.42 Å². The monoisotopic (exact) mass is 386 g/mol. The van der Waals surface area contributed by atoms with Crippen molar-refractivity contribution >= 4 is 20.1 Å². The van der Waals surface area contributed by atoms with Crippen LogP contribution in [0.3, 0.4) is 0 Å². The number of carbonyl (C=O) groups is 2. The molecule has 0 aromatic heterocycles. The zero-order chi connectivity index (χ0) is 20.1. The molecule has 0 heterocycles. The second-order valence-electron chi connectivity index (χ2n) is 7.85. The van der Waals surface area contributed by atoms with Crippen LogP contribution < -0.4 is 11.1 Å². The van der Waals surface area contributed by atoms with Gasteiger partial charge in [-0.1, -0.05) is 26.8 Å². The quantitative estimate of drug-likeness (QED) is 0.674. The van der Waals surface area contributed by atoms with Crippen molar-refractivity contribution in [3.05, 3.63) is 35.4 Å². The van der Waals surface area contributed by atoms with E-state index in [1.54, 1.807) is 0 Å². The summed E-state index contributed by atoms with van der Waals surface area (Å²) in [4.78, 5) is 23.7. The van der Waals surface area contributed by atoms with Crippen LogP contribution in [0.2, 0.25) is 18.1 Å². The summed E-state index contributed by atoms with van der Waals surface area (Å²) in [5.41, 5.74) is 5.66. The molecule has 0 fully saturated rings. The fourth-order valence-corrected chi connectivity index (χ4v) is 3.08. The maximum Gasteiger partial charge on any atom is 0.240 e. The molecule has 0 saturated heterocycles. The highest BCUT2D eigenvalue weighted by molar-refractivity contribution is 6.74. The third-order valence-electron chi connectivity index (χ3n) is 4.70. The molecule has 0 aliphatic carbocycles. The fraction of sp³-hybridized carbons (Fsp3) is 0.556. The van der Waals surface area contributed by atoms with Crippen LogP contribution in [0.15, 0.2) is 18.2 Å². The highest BCUT2D eigenvalue weighted by Gasteiger charge is 2.37. The molecule has 1 aromatic carbocycles. The Morgan fingerprint density at radius 1 is 1.23 bits per heavy atom. The predicted octanol–water partition coefficient (Wildman–Crippen LogP) is 2.89. The molecule has 0 aliphatic rings. The first-order valence-electron chi connectivity index (χ1n) is 8.50. The Labute approximate surface area is 154 Å². The molecule has 5 nitrogen and oxygen atoms in total. The lowest BCUT2D eigenvalue weighted by molar-refractivity contribution is -0.127. The van der Waals surface area contributed by atoms with Crippen LogP contribution in [0.4, 0.5) is 8.78 Å². The molecule has 3 N–H and O–H groups in total. The van der Waals surface area contributed by atoms with E-state index in [0.717, 1.165) is 12.1 Å². The van der Waals surface area contributed by atoms with Gasteiger partial charge in [-0.3, -0.25) is 9.59 Å². The van der Waals surface area contributed by atoms with Crippen molar-refractivity contribution in [1.29, 1.82) is 0 Å². The number of amides is 2. The van der Waals surface area contributed by atoms with Crippen molar-refractivity contribution in [3.63, 3.8) is 0 Å². The normalized spacial score (nSPS) is 13.3. The number of halogens is 2. The number of nitrogens with two attached hydrogens (primary N) is 1. The van der Waals surface area contributed by atoms with E-state index in [2.05, 4.69) is 39.2 Å². The summed E-state index contributed by atoms with van der Waals surface area (Å²) in [5.74, 6) is -3.16. The van der Waals surface area contributed by atoms with Crippen molar-refractivity contribution in [3.8, 4) is 0 Å². The third kappa shape index (κ3) is 6.49. The van der Waals surface area contributed by atoms with Gasteiger partial charge < -0.3 is 15.5 Å². The Balaban J connectivity index is 2.60. The molecule has 146 valence electrons. The topological polar surface area (TPSA) is 81.4 Å². The SMILES string of the molecule is CC(C)(C)[Si](C)(C)OCC[C@@H](NC(=O)Cc1ccc(F)c(F)c1)C(N)=O. The number of rotatable bonds is 8. The average molecular weight is 387 g/mol. The van der Waals surface area contributed by atoms with E-state index in [1.165, 1.54) is 6.07 Å². The molecule has 0 saturated carbocycles. The molecule has 0 radical (unpaired) electrons. The highest BCUT2D eigenvalue weighted by Crippen LogP contribution is 2.36. The average Bonchev–Trinajstić information content (AvgIpc) is 2.48. The Hall–Kier alpha value is -1.80. The van der Waals surface area contributed by atoms with E-state index in [0.29, 0.717) is 12.2 Å². The van der Waals surface area contributed by atoms with Crippen molar-refractivity contribution in [2.45, 2.75) is 57.8 Å². The third-order valence-corrected chi connectivity index (χ3v) is 9.24.